The van der Waals surface area contributed by atoms with E-state index in [2.05, 4.69) is 29.2 Å². The zero-order chi connectivity index (χ0) is 25.0. The van der Waals surface area contributed by atoms with Crippen LogP contribution in [0.2, 0.25) is 5.02 Å². The van der Waals surface area contributed by atoms with Gasteiger partial charge in [-0.2, -0.15) is 5.10 Å². The molecule has 1 fully saturated rings. The summed E-state index contributed by atoms with van der Waals surface area (Å²) in [6.07, 6.45) is 1.80. The van der Waals surface area contributed by atoms with Crippen LogP contribution in [0.5, 0.6) is 5.75 Å². The Kier molecular flexibility index (Phi) is 8.03. The van der Waals surface area contributed by atoms with E-state index >= 15 is 0 Å². The van der Waals surface area contributed by atoms with Crippen LogP contribution in [0.3, 0.4) is 0 Å². The highest BCUT2D eigenvalue weighted by Crippen LogP contribution is 2.29. The molecule has 1 N–H and O–H groups in total. The summed E-state index contributed by atoms with van der Waals surface area (Å²) in [5.74, 6) is 1.24. The number of nitrogens with one attached hydrogen (secondary N) is 1. The number of nitrogens with zero attached hydrogens (tertiary/aromatic N) is 5. The summed E-state index contributed by atoms with van der Waals surface area (Å²) in [7, 11) is 0. The Bertz CT molecular complexity index is 1160. The molecule has 0 atom stereocenters. The third-order valence-electron chi connectivity index (χ3n) is 5.45. The van der Waals surface area contributed by atoms with Crippen LogP contribution in [-0.4, -0.2) is 69.4 Å². The lowest BCUT2D eigenvalue weighted by Crippen LogP contribution is -2.47. The van der Waals surface area contributed by atoms with Gasteiger partial charge in [0.2, 0.25) is 0 Å². The van der Waals surface area contributed by atoms with E-state index in [4.69, 9.17) is 31.0 Å². The molecule has 2 aromatic heterocycles. The van der Waals surface area contributed by atoms with Gasteiger partial charge in [-0.3, -0.25) is 4.79 Å². The van der Waals surface area contributed by atoms with Crippen LogP contribution in [-0.2, 0) is 16.1 Å². The van der Waals surface area contributed by atoms with Crippen molar-refractivity contribution < 1.29 is 14.3 Å². The van der Waals surface area contributed by atoms with Crippen molar-refractivity contribution >= 4 is 46.1 Å². The molecule has 1 saturated heterocycles. The molecular weight excluding hydrogens is 488 g/mol. The molecule has 0 radical (unpaired) electrons. The van der Waals surface area contributed by atoms with Crippen molar-refractivity contribution in [2.75, 3.05) is 37.7 Å². The molecule has 0 aliphatic carbocycles. The fourth-order valence-electron chi connectivity index (χ4n) is 3.70. The number of carbonyl (C=O) groups excluding carboxylic acids is 1. The lowest BCUT2D eigenvalue weighted by molar-refractivity contribution is -0.134. The molecule has 188 valence electrons. The molecule has 0 bridgehead atoms. The van der Waals surface area contributed by atoms with E-state index in [0.29, 0.717) is 42.3 Å². The highest BCUT2D eigenvalue weighted by atomic mass is 35.5. The molecule has 3 heterocycles. The summed E-state index contributed by atoms with van der Waals surface area (Å²) in [4.78, 5) is 24.7. The fraction of sp³-hybridized carbons (Fsp3) is 0.500. The molecule has 1 aliphatic rings. The second kappa shape index (κ2) is 11.0. The minimum atomic E-state index is -1.05. The smallest absolute Gasteiger partial charge is 0.263 e. The normalized spacial score (nSPS) is 14.5. The number of ether oxygens (including phenoxy) is 2. The predicted molar refractivity (Wildman–Crippen MR) is 139 cm³/mol. The van der Waals surface area contributed by atoms with Crippen LogP contribution < -0.4 is 15.0 Å². The third-order valence-corrected chi connectivity index (χ3v) is 6.57. The van der Waals surface area contributed by atoms with E-state index in [1.165, 1.54) is 0 Å². The Labute approximate surface area is 214 Å². The van der Waals surface area contributed by atoms with Gasteiger partial charge >= 0.3 is 0 Å². The number of amides is 1. The standard InChI is InChI=1S/C24H31ClN6O3S/c1-16(2)35-23-28-20(30-11-13-33-14-12-30)19-15-27-31(21(19)29-23)10-9-26-22(32)24(3,4)34-18-7-5-17(25)6-8-18/h5-8,15-16H,9-14H2,1-4H3,(H,26,32). The number of hydrogen-bond acceptors (Lipinski definition) is 8. The summed E-state index contributed by atoms with van der Waals surface area (Å²) >= 11 is 7.55. The molecule has 11 heteroatoms. The number of rotatable bonds is 9. The van der Waals surface area contributed by atoms with Crippen LogP contribution in [0.25, 0.3) is 11.0 Å². The number of carbonyl (C=O) groups is 1. The second-order valence-electron chi connectivity index (χ2n) is 9.02. The first-order chi connectivity index (χ1) is 16.7. The van der Waals surface area contributed by atoms with Gasteiger partial charge in [-0.15, -0.1) is 0 Å². The Balaban J connectivity index is 1.46. The average molecular weight is 519 g/mol. The number of anilines is 1. The Morgan fingerprint density at radius 2 is 1.94 bits per heavy atom. The van der Waals surface area contributed by atoms with Gasteiger partial charge in [-0.1, -0.05) is 37.2 Å². The molecular formula is C24H31ClN6O3S. The zero-order valence-corrected chi connectivity index (χ0v) is 22.0. The lowest BCUT2D eigenvalue weighted by Gasteiger charge is -2.28. The number of thioether (sulfide) groups is 1. The lowest BCUT2D eigenvalue weighted by atomic mass is 10.1. The van der Waals surface area contributed by atoms with Crippen LogP contribution in [0, 0.1) is 0 Å². The summed E-state index contributed by atoms with van der Waals surface area (Å²) < 4.78 is 13.2. The van der Waals surface area contributed by atoms with Crippen LogP contribution >= 0.6 is 23.4 Å². The number of aromatic nitrogens is 4. The molecule has 3 aromatic rings. The van der Waals surface area contributed by atoms with E-state index in [1.54, 1.807) is 56.1 Å². The van der Waals surface area contributed by atoms with Crippen molar-refractivity contribution in [3.63, 3.8) is 0 Å². The average Bonchev–Trinajstić information content (AvgIpc) is 3.23. The molecule has 0 spiro atoms. The summed E-state index contributed by atoms with van der Waals surface area (Å²) in [5, 5.41) is 10.1. The van der Waals surface area contributed by atoms with E-state index in [1.807, 2.05) is 4.68 Å². The van der Waals surface area contributed by atoms with Crippen molar-refractivity contribution in [3.8, 4) is 5.75 Å². The molecule has 4 rings (SSSR count). The van der Waals surface area contributed by atoms with E-state index in [0.717, 1.165) is 35.1 Å². The van der Waals surface area contributed by atoms with E-state index in [9.17, 15) is 4.79 Å². The van der Waals surface area contributed by atoms with Crippen LogP contribution in [0.4, 0.5) is 5.82 Å². The van der Waals surface area contributed by atoms with Crippen molar-refractivity contribution in [2.45, 2.75) is 50.2 Å². The van der Waals surface area contributed by atoms with Gasteiger partial charge in [0, 0.05) is 29.9 Å². The van der Waals surface area contributed by atoms with Gasteiger partial charge in [0.15, 0.2) is 16.4 Å². The highest BCUT2D eigenvalue weighted by molar-refractivity contribution is 7.99. The highest BCUT2D eigenvalue weighted by Gasteiger charge is 2.30. The monoisotopic (exact) mass is 518 g/mol. The van der Waals surface area contributed by atoms with Gasteiger partial charge in [-0.05, 0) is 38.1 Å². The maximum absolute atomic E-state index is 12.8. The molecule has 1 aliphatic heterocycles. The largest absolute Gasteiger partial charge is 0.478 e. The van der Waals surface area contributed by atoms with Gasteiger partial charge in [0.05, 0.1) is 31.3 Å². The molecule has 1 amide bonds. The number of morpholine rings is 1. The van der Waals surface area contributed by atoms with Gasteiger partial charge in [0.25, 0.3) is 5.91 Å². The number of halogens is 1. The topological polar surface area (TPSA) is 94.4 Å². The first kappa shape index (κ1) is 25.5. The maximum atomic E-state index is 12.8. The fourth-order valence-corrected chi connectivity index (χ4v) is 4.52. The van der Waals surface area contributed by atoms with E-state index < -0.39 is 5.60 Å². The summed E-state index contributed by atoms with van der Waals surface area (Å²) in [6.45, 7) is 11.5. The van der Waals surface area contributed by atoms with E-state index in [-0.39, 0.29) is 5.91 Å². The molecule has 0 unspecified atom stereocenters. The minimum absolute atomic E-state index is 0.219. The second-order valence-corrected chi connectivity index (χ2v) is 11.0. The predicted octanol–water partition coefficient (Wildman–Crippen LogP) is 3.79. The Hall–Kier alpha value is -2.56. The molecule has 0 saturated carbocycles. The van der Waals surface area contributed by atoms with Crippen molar-refractivity contribution in [2.24, 2.45) is 0 Å². The SMILES string of the molecule is CC(C)Sc1nc(N2CCOCC2)c2cnn(CCNC(=O)C(C)(C)Oc3ccc(Cl)cc3)c2n1. The van der Waals surface area contributed by atoms with Crippen LogP contribution in [0.1, 0.15) is 27.7 Å². The number of hydrogen-bond donors (Lipinski definition) is 1. The first-order valence-corrected chi connectivity index (χ1v) is 12.9. The number of benzene rings is 1. The van der Waals surface area contributed by atoms with Crippen molar-refractivity contribution in [1.82, 2.24) is 25.1 Å². The Morgan fingerprint density at radius 1 is 1.23 bits per heavy atom. The molecule has 9 nitrogen and oxygen atoms in total. The third kappa shape index (κ3) is 6.36. The van der Waals surface area contributed by atoms with Crippen LogP contribution in [0.15, 0.2) is 35.6 Å². The number of fused-ring (bicyclic) bond motifs is 1. The van der Waals surface area contributed by atoms with Gasteiger partial charge in [-0.25, -0.2) is 14.6 Å². The van der Waals surface area contributed by atoms with Gasteiger partial charge < -0.3 is 19.7 Å². The first-order valence-electron chi connectivity index (χ1n) is 11.7. The summed E-state index contributed by atoms with van der Waals surface area (Å²) in [6, 6.07) is 6.94. The van der Waals surface area contributed by atoms with Crippen molar-refractivity contribution in [3.05, 3.63) is 35.5 Å². The van der Waals surface area contributed by atoms with Crippen molar-refractivity contribution in [1.29, 1.82) is 0 Å². The minimum Gasteiger partial charge on any atom is -0.478 e. The Morgan fingerprint density at radius 3 is 2.63 bits per heavy atom. The summed E-state index contributed by atoms with van der Waals surface area (Å²) in [5.41, 5.74) is -0.289. The molecule has 35 heavy (non-hydrogen) atoms. The van der Waals surface area contributed by atoms with Gasteiger partial charge in [0.1, 0.15) is 11.6 Å². The zero-order valence-electron chi connectivity index (χ0n) is 20.5. The maximum Gasteiger partial charge on any atom is 0.263 e. The quantitative estimate of drug-likeness (QED) is 0.338. The molecule has 1 aromatic carbocycles.